The molecule has 0 N–H and O–H groups in total. The van der Waals surface area contributed by atoms with Crippen molar-refractivity contribution in [1.29, 1.82) is 0 Å². The van der Waals surface area contributed by atoms with E-state index >= 15 is 0 Å². The van der Waals surface area contributed by atoms with Crippen LogP contribution in [0.3, 0.4) is 0 Å². The summed E-state index contributed by atoms with van der Waals surface area (Å²) in [6.07, 6.45) is 0.279. The van der Waals surface area contributed by atoms with Gasteiger partial charge in [0.25, 0.3) is 0 Å². The van der Waals surface area contributed by atoms with E-state index in [1.54, 1.807) is 33.5 Å². The van der Waals surface area contributed by atoms with Gasteiger partial charge in [-0.2, -0.15) is 4.99 Å². The second-order valence-corrected chi connectivity index (χ2v) is 10.6. The van der Waals surface area contributed by atoms with Crippen LogP contribution in [0.2, 0.25) is 0 Å². The first kappa shape index (κ1) is 24.9. The van der Waals surface area contributed by atoms with Gasteiger partial charge in [0, 0.05) is 32.2 Å². The van der Waals surface area contributed by atoms with Crippen LogP contribution in [0.4, 0.5) is 0 Å². The van der Waals surface area contributed by atoms with Gasteiger partial charge in [0.2, 0.25) is 5.91 Å². The number of carbonyl (C=O) groups is 1. The molecule has 1 heterocycles. The van der Waals surface area contributed by atoms with E-state index < -0.39 is 9.84 Å². The van der Waals surface area contributed by atoms with Crippen LogP contribution in [-0.2, 0) is 31.7 Å². The summed E-state index contributed by atoms with van der Waals surface area (Å²) < 4.78 is 43.5. The average Bonchev–Trinajstić information content (AvgIpc) is 3.12. The third-order valence-electron chi connectivity index (χ3n) is 5.00. The maximum absolute atomic E-state index is 12.6. The Bertz CT molecular complexity index is 1260. The van der Waals surface area contributed by atoms with Gasteiger partial charge in [-0.1, -0.05) is 41.7 Å². The van der Waals surface area contributed by atoms with Crippen molar-refractivity contribution < 1.29 is 27.4 Å². The topological polar surface area (TPSA) is 96.2 Å². The van der Waals surface area contributed by atoms with Gasteiger partial charge in [-0.05, 0) is 12.0 Å². The SMILES string of the molecule is COCCn1c(=NC(=O)CCCS(=O)(=O)Cc2ccccc2)sc2cc(OC)c(OC)cc21. The molecule has 8 nitrogen and oxygen atoms in total. The van der Waals surface area contributed by atoms with E-state index in [2.05, 4.69) is 4.99 Å². The molecule has 0 fully saturated rings. The third-order valence-corrected chi connectivity index (χ3v) is 7.73. The summed E-state index contributed by atoms with van der Waals surface area (Å²) in [7, 11) is 1.44. The van der Waals surface area contributed by atoms with E-state index in [0.717, 1.165) is 15.8 Å². The largest absolute Gasteiger partial charge is 0.493 e. The van der Waals surface area contributed by atoms with Crippen LogP contribution >= 0.6 is 11.3 Å². The summed E-state index contributed by atoms with van der Waals surface area (Å²) in [5, 5.41) is 0. The molecule has 0 spiro atoms. The molecule has 0 saturated carbocycles. The first-order valence-corrected chi connectivity index (χ1v) is 13.1. The fraction of sp³-hybridized carbons (Fsp3) is 0.391. The number of methoxy groups -OCH3 is 3. The Balaban J connectivity index is 1.77. The zero-order valence-corrected chi connectivity index (χ0v) is 20.6. The minimum Gasteiger partial charge on any atom is -0.493 e. The van der Waals surface area contributed by atoms with Crippen LogP contribution < -0.4 is 14.3 Å². The van der Waals surface area contributed by atoms with Crippen molar-refractivity contribution in [2.45, 2.75) is 25.1 Å². The summed E-state index contributed by atoms with van der Waals surface area (Å²) in [5.41, 5.74) is 1.59. The molecule has 10 heteroatoms. The minimum absolute atomic E-state index is 0.0316. The summed E-state index contributed by atoms with van der Waals surface area (Å²) in [6.45, 7) is 0.947. The maximum atomic E-state index is 12.6. The Morgan fingerprint density at radius 1 is 1.06 bits per heavy atom. The smallest absolute Gasteiger partial charge is 0.248 e. The number of amides is 1. The molecule has 0 atom stereocenters. The molecular weight excluding hydrogens is 464 g/mol. The molecule has 0 bridgehead atoms. The van der Waals surface area contributed by atoms with Gasteiger partial charge in [-0.15, -0.1) is 0 Å². The number of fused-ring (bicyclic) bond motifs is 1. The van der Waals surface area contributed by atoms with Crippen molar-refractivity contribution in [1.82, 2.24) is 4.57 Å². The van der Waals surface area contributed by atoms with Gasteiger partial charge in [0.15, 0.2) is 26.1 Å². The summed E-state index contributed by atoms with van der Waals surface area (Å²) in [5.74, 6) is 0.716. The maximum Gasteiger partial charge on any atom is 0.248 e. The van der Waals surface area contributed by atoms with Gasteiger partial charge in [0.05, 0.1) is 42.5 Å². The highest BCUT2D eigenvalue weighted by molar-refractivity contribution is 7.90. The zero-order valence-electron chi connectivity index (χ0n) is 18.9. The Hall–Kier alpha value is -2.69. The van der Waals surface area contributed by atoms with Crippen LogP contribution in [-0.4, -0.2) is 52.6 Å². The van der Waals surface area contributed by atoms with Crippen molar-refractivity contribution >= 4 is 37.3 Å². The number of aromatic nitrogens is 1. The van der Waals surface area contributed by atoms with E-state index in [0.29, 0.717) is 29.5 Å². The van der Waals surface area contributed by atoms with Crippen molar-refractivity contribution in [3.63, 3.8) is 0 Å². The Labute approximate surface area is 197 Å². The second kappa shape index (κ2) is 11.4. The number of rotatable bonds is 11. The van der Waals surface area contributed by atoms with E-state index in [1.807, 2.05) is 34.9 Å². The van der Waals surface area contributed by atoms with E-state index in [-0.39, 0.29) is 30.3 Å². The molecule has 33 heavy (non-hydrogen) atoms. The lowest BCUT2D eigenvalue weighted by molar-refractivity contribution is -0.118. The average molecular weight is 493 g/mol. The Kier molecular flexibility index (Phi) is 8.65. The van der Waals surface area contributed by atoms with Crippen molar-refractivity contribution in [3.05, 3.63) is 52.8 Å². The molecule has 0 radical (unpaired) electrons. The highest BCUT2D eigenvalue weighted by Crippen LogP contribution is 2.33. The van der Waals surface area contributed by atoms with Crippen LogP contribution in [0.15, 0.2) is 47.5 Å². The Morgan fingerprint density at radius 3 is 2.42 bits per heavy atom. The molecule has 0 aliphatic rings. The molecule has 1 amide bonds. The van der Waals surface area contributed by atoms with Crippen LogP contribution in [0.25, 0.3) is 10.2 Å². The number of sulfone groups is 1. The molecule has 3 rings (SSSR count). The highest BCUT2D eigenvalue weighted by atomic mass is 32.2. The zero-order chi connectivity index (χ0) is 23.8. The quantitative estimate of drug-likeness (QED) is 0.408. The molecular formula is C23H28N2O6S2. The van der Waals surface area contributed by atoms with Crippen molar-refractivity contribution in [2.24, 2.45) is 4.99 Å². The van der Waals surface area contributed by atoms with E-state index in [1.165, 1.54) is 11.3 Å². The molecule has 0 unspecified atom stereocenters. The molecule has 0 aliphatic carbocycles. The number of nitrogens with zero attached hydrogens (tertiary/aromatic N) is 2. The third kappa shape index (κ3) is 6.66. The number of carbonyl (C=O) groups excluding carboxylic acids is 1. The lowest BCUT2D eigenvalue weighted by Gasteiger charge is -2.09. The lowest BCUT2D eigenvalue weighted by Crippen LogP contribution is -2.19. The molecule has 1 aromatic heterocycles. The highest BCUT2D eigenvalue weighted by Gasteiger charge is 2.15. The van der Waals surface area contributed by atoms with Crippen molar-refractivity contribution in [3.8, 4) is 11.5 Å². The predicted octanol–water partition coefficient (Wildman–Crippen LogP) is 3.19. The molecule has 178 valence electrons. The minimum atomic E-state index is -3.30. The standard InChI is InChI=1S/C23H28N2O6S2/c1-29-12-11-25-18-14-19(30-2)20(31-3)15-21(18)32-23(25)24-22(26)10-7-13-33(27,28)16-17-8-5-4-6-9-17/h4-6,8-9,14-15H,7,10-13,16H2,1-3H3. The summed E-state index contributed by atoms with van der Waals surface area (Å²) >= 11 is 1.36. The van der Waals surface area contributed by atoms with E-state index in [4.69, 9.17) is 14.2 Å². The molecule has 3 aromatic rings. The fourth-order valence-electron chi connectivity index (χ4n) is 3.39. The van der Waals surface area contributed by atoms with Gasteiger partial charge < -0.3 is 18.8 Å². The predicted molar refractivity (Wildman–Crippen MR) is 129 cm³/mol. The van der Waals surface area contributed by atoms with Gasteiger partial charge in [-0.3, -0.25) is 4.79 Å². The molecule has 0 saturated heterocycles. The van der Waals surface area contributed by atoms with Crippen LogP contribution in [0.1, 0.15) is 18.4 Å². The first-order chi connectivity index (χ1) is 15.9. The van der Waals surface area contributed by atoms with Gasteiger partial charge in [-0.25, -0.2) is 8.42 Å². The fourth-order valence-corrected chi connectivity index (χ4v) is 5.90. The van der Waals surface area contributed by atoms with E-state index in [9.17, 15) is 13.2 Å². The summed E-state index contributed by atoms with van der Waals surface area (Å²) in [6, 6.07) is 12.7. The van der Waals surface area contributed by atoms with Crippen molar-refractivity contribution in [2.75, 3.05) is 33.7 Å². The lowest BCUT2D eigenvalue weighted by atomic mass is 10.2. The second-order valence-electron chi connectivity index (χ2n) is 7.39. The van der Waals surface area contributed by atoms with Crippen LogP contribution in [0, 0.1) is 0 Å². The van der Waals surface area contributed by atoms with Crippen LogP contribution in [0.5, 0.6) is 11.5 Å². The number of thiazole rings is 1. The normalized spacial score (nSPS) is 12.3. The monoisotopic (exact) mass is 492 g/mol. The number of ether oxygens (including phenoxy) is 3. The molecule has 0 aliphatic heterocycles. The number of benzene rings is 2. The van der Waals surface area contributed by atoms with Gasteiger partial charge >= 0.3 is 0 Å². The number of hydrogen-bond acceptors (Lipinski definition) is 7. The molecule has 2 aromatic carbocycles. The first-order valence-electron chi connectivity index (χ1n) is 10.4. The summed E-state index contributed by atoms with van der Waals surface area (Å²) in [4.78, 5) is 17.4. The van der Waals surface area contributed by atoms with Gasteiger partial charge in [0.1, 0.15) is 0 Å². The number of hydrogen-bond donors (Lipinski definition) is 0. The Morgan fingerprint density at radius 2 is 1.76 bits per heavy atom.